The average molecular weight is 319 g/mol. The fourth-order valence-corrected chi connectivity index (χ4v) is 3.11. The highest BCUT2D eigenvalue weighted by atomic mass is 19.2. The summed E-state index contributed by atoms with van der Waals surface area (Å²) in [5, 5.41) is 3.43. The zero-order chi connectivity index (χ0) is 16.4. The third-order valence-corrected chi connectivity index (χ3v) is 4.21. The lowest BCUT2D eigenvalue weighted by Gasteiger charge is -2.29. The lowest BCUT2D eigenvalue weighted by atomic mass is 9.89. The van der Waals surface area contributed by atoms with Crippen molar-refractivity contribution >= 4 is 0 Å². The molecule has 3 rings (SSSR count). The Bertz CT molecular complexity index is 701. The molecule has 0 radical (unpaired) electrons. The van der Waals surface area contributed by atoms with E-state index in [-0.39, 0.29) is 6.04 Å². The zero-order valence-corrected chi connectivity index (χ0v) is 13.2. The van der Waals surface area contributed by atoms with Gasteiger partial charge >= 0.3 is 0 Å². The van der Waals surface area contributed by atoms with Crippen molar-refractivity contribution in [2.24, 2.45) is 0 Å². The number of ether oxygens (including phenoxy) is 2. The Balaban J connectivity index is 1.95. The highest BCUT2D eigenvalue weighted by molar-refractivity contribution is 5.50. The first-order valence-corrected chi connectivity index (χ1v) is 7.54. The van der Waals surface area contributed by atoms with Gasteiger partial charge in [0.15, 0.2) is 11.6 Å². The lowest BCUT2D eigenvalue weighted by Crippen LogP contribution is -2.31. The number of methoxy groups -OCH3 is 2. The van der Waals surface area contributed by atoms with Crippen LogP contribution >= 0.6 is 0 Å². The molecule has 2 aromatic rings. The molecule has 0 saturated carbocycles. The van der Waals surface area contributed by atoms with Gasteiger partial charge in [-0.25, -0.2) is 8.78 Å². The molecule has 1 atom stereocenters. The second-order valence-corrected chi connectivity index (χ2v) is 5.61. The molecule has 122 valence electrons. The maximum atomic E-state index is 13.4. The molecule has 0 aromatic heterocycles. The number of benzene rings is 2. The predicted octanol–water partition coefficient (Wildman–Crippen LogP) is 3.41. The normalized spacial score (nSPS) is 16.8. The topological polar surface area (TPSA) is 30.5 Å². The minimum Gasteiger partial charge on any atom is -0.497 e. The van der Waals surface area contributed by atoms with E-state index in [1.54, 1.807) is 20.3 Å². The molecule has 0 bridgehead atoms. The van der Waals surface area contributed by atoms with Crippen molar-refractivity contribution in [1.82, 2.24) is 5.32 Å². The maximum absolute atomic E-state index is 13.4. The minimum absolute atomic E-state index is 0.00975. The number of halogens is 2. The molecule has 1 aliphatic rings. The van der Waals surface area contributed by atoms with E-state index in [0.29, 0.717) is 6.42 Å². The van der Waals surface area contributed by atoms with E-state index in [1.807, 2.05) is 12.1 Å². The maximum Gasteiger partial charge on any atom is 0.159 e. The molecule has 1 heterocycles. The quantitative estimate of drug-likeness (QED) is 0.937. The largest absolute Gasteiger partial charge is 0.497 e. The van der Waals surface area contributed by atoms with Crippen LogP contribution in [0.15, 0.2) is 30.3 Å². The third kappa shape index (κ3) is 3.15. The van der Waals surface area contributed by atoms with Crippen molar-refractivity contribution in [1.29, 1.82) is 0 Å². The first-order valence-electron chi connectivity index (χ1n) is 7.54. The second kappa shape index (κ2) is 6.54. The van der Waals surface area contributed by atoms with Gasteiger partial charge in [0.1, 0.15) is 11.5 Å². The van der Waals surface area contributed by atoms with Gasteiger partial charge in [-0.3, -0.25) is 0 Å². The monoisotopic (exact) mass is 319 g/mol. The van der Waals surface area contributed by atoms with Crippen LogP contribution in [0.4, 0.5) is 8.78 Å². The van der Waals surface area contributed by atoms with Crippen molar-refractivity contribution in [3.05, 3.63) is 58.7 Å². The van der Waals surface area contributed by atoms with Gasteiger partial charge in [-0.05, 0) is 48.7 Å². The Labute approximate surface area is 134 Å². The number of hydrogen-bond donors (Lipinski definition) is 1. The van der Waals surface area contributed by atoms with E-state index < -0.39 is 11.6 Å². The van der Waals surface area contributed by atoms with Crippen LogP contribution in [0.25, 0.3) is 0 Å². The highest BCUT2D eigenvalue weighted by Crippen LogP contribution is 2.37. The number of hydrogen-bond acceptors (Lipinski definition) is 3. The number of fused-ring (bicyclic) bond motifs is 1. The first-order chi connectivity index (χ1) is 11.1. The summed E-state index contributed by atoms with van der Waals surface area (Å²) in [5.41, 5.74) is 2.96. The molecule has 2 aromatic carbocycles. The standard InChI is InChI=1S/C18H19F2NO2/c1-22-13-9-12-5-6-21-16(18(12)17(10-13)23-2)8-11-3-4-14(19)15(20)7-11/h3-4,7,9-10,16,21H,5-6,8H2,1-2H3. The zero-order valence-electron chi connectivity index (χ0n) is 13.2. The Hall–Kier alpha value is -2.14. The summed E-state index contributed by atoms with van der Waals surface area (Å²) >= 11 is 0. The number of rotatable bonds is 4. The Morgan fingerprint density at radius 2 is 1.91 bits per heavy atom. The fourth-order valence-electron chi connectivity index (χ4n) is 3.11. The van der Waals surface area contributed by atoms with Crippen LogP contribution in [0.3, 0.4) is 0 Å². The van der Waals surface area contributed by atoms with E-state index in [4.69, 9.17) is 9.47 Å². The van der Waals surface area contributed by atoms with Crippen molar-refractivity contribution in [2.45, 2.75) is 18.9 Å². The van der Waals surface area contributed by atoms with Crippen LogP contribution in [0.2, 0.25) is 0 Å². The van der Waals surface area contributed by atoms with Crippen LogP contribution in [-0.4, -0.2) is 20.8 Å². The van der Waals surface area contributed by atoms with Crippen LogP contribution in [0.1, 0.15) is 22.7 Å². The molecule has 0 spiro atoms. The second-order valence-electron chi connectivity index (χ2n) is 5.61. The van der Waals surface area contributed by atoms with E-state index in [9.17, 15) is 8.78 Å². The Morgan fingerprint density at radius 1 is 1.09 bits per heavy atom. The van der Waals surface area contributed by atoms with Crippen LogP contribution in [0.5, 0.6) is 11.5 Å². The van der Waals surface area contributed by atoms with Gasteiger partial charge in [0.2, 0.25) is 0 Å². The van der Waals surface area contributed by atoms with E-state index in [2.05, 4.69) is 5.32 Å². The molecule has 1 N–H and O–H groups in total. The molecule has 0 fully saturated rings. The van der Waals surface area contributed by atoms with Crippen molar-refractivity contribution in [2.75, 3.05) is 20.8 Å². The minimum atomic E-state index is -0.826. The molecule has 5 heteroatoms. The highest BCUT2D eigenvalue weighted by Gasteiger charge is 2.25. The van der Waals surface area contributed by atoms with E-state index in [0.717, 1.165) is 41.2 Å². The summed E-state index contributed by atoms with van der Waals surface area (Å²) in [6, 6.07) is 7.89. The third-order valence-electron chi connectivity index (χ3n) is 4.21. The van der Waals surface area contributed by atoms with Gasteiger partial charge in [0, 0.05) is 17.7 Å². The molecule has 3 nitrogen and oxygen atoms in total. The smallest absolute Gasteiger partial charge is 0.159 e. The molecule has 1 aliphatic heterocycles. The summed E-state index contributed by atoms with van der Waals surface area (Å²) in [4.78, 5) is 0. The first kappa shape index (κ1) is 15.7. The summed E-state index contributed by atoms with van der Waals surface area (Å²) in [5.74, 6) is -0.137. The molecule has 1 unspecified atom stereocenters. The summed E-state index contributed by atoms with van der Waals surface area (Å²) in [6.07, 6.45) is 1.43. The average Bonchev–Trinajstić information content (AvgIpc) is 2.57. The molecular weight excluding hydrogens is 300 g/mol. The molecule has 0 saturated heterocycles. The summed E-state index contributed by atoms with van der Waals surface area (Å²) < 4.78 is 37.4. The Morgan fingerprint density at radius 3 is 2.61 bits per heavy atom. The van der Waals surface area contributed by atoms with Gasteiger partial charge in [-0.2, -0.15) is 0 Å². The fraction of sp³-hybridized carbons (Fsp3) is 0.333. The van der Waals surface area contributed by atoms with Crippen LogP contribution < -0.4 is 14.8 Å². The summed E-state index contributed by atoms with van der Waals surface area (Å²) in [7, 11) is 3.25. The van der Waals surface area contributed by atoms with Crippen LogP contribution in [0, 0.1) is 11.6 Å². The lowest BCUT2D eigenvalue weighted by molar-refractivity contribution is 0.377. The molecular formula is C18H19F2NO2. The van der Waals surface area contributed by atoms with Gasteiger partial charge < -0.3 is 14.8 Å². The van der Waals surface area contributed by atoms with Crippen molar-refractivity contribution in [3.63, 3.8) is 0 Å². The van der Waals surface area contributed by atoms with Gasteiger partial charge in [-0.1, -0.05) is 6.07 Å². The SMILES string of the molecule is COc1cc2c(c(OC)c1)C(Cc1ccc(F)c(F)c1)NCC2. The number of nitrogens with one attached hydrogen (secondary N) is 1. The van der Waals surface area contributed by atoms with Gasteiger partial charge in [0.25, 0.3) is 0 Å². The van der Waals surface area contributed by atoms with Crippen molar-refractivity contribution in [3.8, 4) is 11.5 Å². The van der Waals surface area contributed by atoms with E-state index >= 15 is 0 Å². The predicted molar refractivity (Wildman–Crippen MR) is 84.1 cm³/mol. The molecule has 0 amide bonds. The van der Waals surface area contributed by atoms with E-state index in [1.165, 1.54) is 12.1 Å². The van der Waals surface area contributed by atoms with Gasteiger partial charge in [0.05, 0.1) is 14.2 Å². The molecule has 23 heavy (non-hydrogen) atoms. The Kier molecular flexibility index (Phi) is 4.48. The summed E-state index contributed by atoms with van der Waals surface area (Å²) in [6.45, 7) is 0.817. The van der Waals surface area contributed by atoms with Crippen LogP contribution in [-0.2, 0) is 12.8 Å². The van der Waals surface area contributed by atoms with Crippen molar-refractivity contribution < 1.29 is 18.3 Å². The van der Waals surface area contributed by atoms with Gasteiger partial charge in [-0.15, -0.1) is 0 Å². The molecule has 0 aliphatic carbocycles.